The number of unbranched alkanes of at least 4 members (excludes halogenated alkanes) is 1. The van der Waals surface area contributed by atoms with Crippen molar-refractivity contribution in [2.75, 3.05) is 26.2 Å². The first-order chi connectivity index (χ1) is 12.7. The van der Waals surface area contributed by atoms with Crippen molar-refractivity contribution in [1.29, 1.82) is 0 Å². The van der Waals surface area contributed by atoms with E-state index in [1.807, 2.05) is 10.00 Å². The number of hydrogen-bond acceptors (Lipinski definition) is 3. The number of aromatic nitrogens is 2. The first-order valence-corrected chi connectivity index (χ1v) is 9.44. The van der Waals surface area contributed by atoms with Crippen molar-refractivity contribution in [2.24, 2.45) is 5.41 Å². The molecule has 1 spiro atoms. The Kier molecular flexibility index (Phi) is 5.48. The van der Waals surface area contributed by atoms with Gasteiger partial charge < -0.3 is 9.80 Å². The van der Waals surface area contributed by atoms with Crippen LogP contribution in [0.15, 0.2) is 6.07 Å². The van der Waals surface area contributed by atoms with Crippen molar-refractivity contribution < 1.29 is 22.8 Å². The predicted molar refractivity (Wildman–Crippen MR) is 91.9 cm³/mol. The van der Waals surface area contributed by atoms with Gasteiger partial charge in [0, 0.05) is 44.1 Å². The van der Waals surface area contributed by atoms with Crippen LogP contribution in [0.3, 0.4) is 0 Å². The summed E-state index contributed by atoms with van der Waals surface area (Å²) in [5.41, 5.74) is -1.40. The van der Waals surface area contributed by atoms with Gasteiger partial charge >= 0.3 is 6.18 Å². The summed E-state index contributed by atoms with van der Waals surface area (Å²) in [6.07, 6.45) is 0.260. The Hall–Kier alpha value is -2.06. The molecular weight excluding hydrogens is 361 g/mol. The number of nitrogens with zero attached hydrogens (tertiary/aromatic N) is 3. The van der Waals surface area contributed by atoms with Crippen molar-refractivity contribution in [2.45, 2.75) is 51.6 Å². The number of alkyl halides is 3. The van der Waals surface area contributed by atoms with E-state index in [0.717, 1.165) is 38.3 Å². The second kappa shape index (κ2) is 7.52. The van der Waals surface area contributed by atoms with Crippen LogP contribution >= 0.6 is 0 Å². The summed E-state index contributed by atoms with van der Waals surface area (Å²) in [6, 6.07) is 0.765. The molecule has 1 atom stereocenters. The lowest BCUT2D eigenvalue weighted by Gasteiger charge is -2.48. The Balaban J connectivity index is 1.70. The molecule has 2 aliphatic heterocycles. The van der Waals surface area contributed by atoms with Crippen molar-refractivity contribution in [3.05, 3.63) is 17.5 Å². The number of nitrogens with one attached hydrogen (secondary N) is 1. The van der Waals surface area contributed by atoms with E-state index in [4.69, 9.17) is 0 Å². The van der Waals surface area contributed by atoms with E-state index in [1.54, 1.807) is 4.90 Å². The van der Waals surface area contributed by atoms with Gasteiger partial charge in [0.2, 0.25) is 5.91 Å². The van der Waals surface area contributed by atoms with Crippen LogP contribution in [0, 0.1) is 5.41 Å². The quantitative estimate of drug-likeness (QED) is 0.865. The van der Waals surface area contributed by atoms with E-state index in [0.29, 0.717) is 32.5 Å². The third-order valence-electron chi connectivity index (χ3n) is 5.58. The van der Waals surface area contributed by atoms with Gasteiger partial charge in [-0.25, -0.2) is 0 Å². The van der Waals surface area contributed by atoms with Gasteiger partial charge in [-0.05, 0) is 25.7 Å². The molecule has 6 nitrogen and oxygen atoms in total. The normalized spacial score (nSPS) is 23.9. The minimum Gasteiger partial charge on any atom is -0.342 e. The molecule has 1 aromatic heterocycles. The fourth-order valence-corrected chi connectivity index (χ4v) is 4.11. The highest BCUT2D eigenvalue weighted by Gasteiger charge is 2.43. The van der Waals surface area contributed by atoms with E-state index < -0.39 is 17.8 Å². The molecular formula is C18H25F3N4O2. The predicted octanol–water partition coefficient (Wildman–Crippen LogP) is 3.07. The lowest BCUT2D eigenvalue weighted by atomic mass is 9.73. The first-order valence-electron chi connectivity index (χ1n) is 9.44. The summed E-state index contributed by atoms with van der Waals surface area (Å²) in [7, 11) is 0. The lowest BCUT2D eigenvalue weighted by molar-refractivity contribution is -0.141. The summed E-state index contributed by atoms with van der Waals surface area (Å²) in [5, 5.41) is 5.46. The first kappa shape index (κ1) is 19.7. The molecule has 9 heteroatoms. The van der Waals surface area contributed by atoms with Crippen molar-refractivity contribution in [3.8, 4) is 0 Å². The number of amides is 2. The highest BCUT2D eigenvalue weighted by molar-refractivity contribution is 5.92. The van der Waals surface area contributed by atoms with Gasteiger partial charge in [-0.15, -0.1) is 0 Å². The molecule has 3 heterocycles. The summed E-state index contributed by atoms with van der Waals surface area (Å²) in [4.78, 5) is 28.3. The number of halogens is 3. The standard InChI is InChI=1S/C18H25F3N4O2/c1-2-3-8-24-11-17(7-5-15(24)26)6-4-9-25(12-17)16(27)13-10-14(23-22-13)18(19,20)21/h10H,2-9,11-12H2,1H3,(H,22,23)/t17-/m1/s1. The molecule has 1 N–H and O–H groups in total. The number of piperidine rings is 2. The third kappa shape index (κ3) is 4.27. The molecule has 3 rings (SSSR count). The van der Waals surface area contributed by atoms with Crippen LogP contribution in [0.5, 0.6) is 0 Å². The molecule has 2 saturated heterocycles. The Morgan fingerprint density at radius 2 is 2.11 bits per heavy atom. The number of H-pyrrole nitrogens is 1. The Bertz CT molecular complexity index is 703. The Labute approximate surface area is 156 Å². The fourth-order valence-electron chi connectivity index (χ4n) is 4.11. The van der Waals surface area contributed by atoms with Crippen molar-refractivity contribution >= 4 is 11.8 Å². The van der Waals surface area contributed by atoms with Crippen LogP contribution < -0.4 is 0 Å². The molecule has 0 radical (unpaired) electrons. The third-order valence-corrected chi connectivity index (χ3v) is 5.58. The molecule has 2 aliphatic rings. The summed E-state index contributed by atoms with van der Waals surface area (Å²) in [6.45, 7) is 4.36. The van der Waals surface area contributed by atoms with E-state index in [9.17, 15) is 22.8 Å². The largest absolute Gasteiger partial charge is 0.432 e. The maximum atomic E-state index is 12.7. The van der Waals surface area contributed by atoms with Crippen LogP contribution in [0.2, 0.25) is 0 Å². The summed E-state index contributed by atoms with van der Waals surface area (Å²) in [5.74, 6) is -0.336. The second-order valence-corrected chi connectivity index (χ2v) is 7.66. The molecule has 2 amide bonds. The fraction of sp³-hybridized carbons (Fsp3) is 0.722. The molecule has 0 bridgehead atoms. The monoisotopic (exact) mass is 386 g/mol. The van der Waals surface area contributed by atoms with Gasteiger partial charge in [-0.3, -0.25) is 14.7 Å². The van der Waals surface area contributed by atoms with Crippen LogP contribution in [0.4, 0.5) is 13.2 Å². The van der Waals surface area contributed by atoms with Crippen LogP contribution in [0.1, 0.15) is 61.6 Å². The molecule has 0 unspecified atom stereocenters. The molecule has 2 fully saturated rings. The smallest absolute Gasteiger partial charge is 0.342 e. The Morgan fingerprint density at radius 1 is 1.33 bits per heavy atom. The van der Waals surface area contributed by atoms with Crippen LogP contribution in [-0.4, -0.2) is 58.0 Å². The minimum absolute atomic E-state index is 0.152. The minimum atomic E-state index is -4.56. The van der Waals surface area contributed by atoms with Crippen LogP contribution in [-0.2, 0) is 11.0 Å². The van der Waals surface area contributed by atoms with Gasteiger partial charge in [0.1, 0.15) is 5.69 Å². The lowest BCUT2D eigenvalue weighted by Crippen LogP contribution is -2.55. The van der Waals surface area contributed by atoms with Gasteiger partial charge in [0.25, 0.3) is 5.91 Å². The number of carbonyl (C=O) groups is 2. The van der Waals surface area contributed by atoms with Crippen molar-refractivity contribution in [1.82, 2.24) is 20.0 Å². The summed E-state index contributed by atoms with van der Waals surface area (Å²) >= 11 is 0. The van der Waals surface area contributed by atoms with Crippen molar-refractivity contribution in [3.63, 3.8) is 0 Å². The number of likely N-dealkylation sites (tertiary alicyclic amines) is 2. The highest BCUT2D eigenvalue weighted by Crippen LogP contribution is 2.39. The van der Waals surface area contributed by atoms with Gasteiger partial charge in [-0.2, -0.15) is 18.3 Å². The van der Waals surface area contributed by atoms with Gasteiger partial charge in [0.05, 0.1) is 0 Å². The average molecular weight is 386 g/mol. The SMILES string of the molecule is CCCCN1C[C@@]2(CCCN(C(=O)c3cc(C(F)(F)F)[nH]n3)C2)CCC1=O. The maximum Gasteiger partial charge on any atom is 0.432 e. The van der Waals surface area contributed by atoms with E-state index in [-0.39, 0.29) is 17.0 Å². The average Bonchev–Trinajstić information content (AvgIpc) is 3.13. The van der Waals surface area contributed by atoms with E-state index in [1.165, 1.54) is 0 Å². The second-order valence-electron chi connectivity index (χ2n) is 7.66. The molecule has 0 aromatic carbocycles. The molecule has 0 saturated carbocycles. The zero-order valence-electron chi connectivity index (χ0n) is 15.4. The molecule has 1 aromatic rings. The zero-order valence-corrected chi connectivity index (χ0v) is 15.4. The molecule has 27 heavy (non-hydrogen) atoms. The number of hydrogen-bond donors (Lipinski definition) is 1. The highest BCUT2D eigenvalue weighted by atomic mass is 19.4. The van der Waals surface area contributed by atoms with E-state index >= 15 is 0 Å². The Morgan fingerprint density at radius 3 is 2.78 bits per heavy atom. The van der Waals surface area contributed by atoms with E-state index in [2.05, 4.69) is 12.0 Å². The molecule has 0 aliphatic carbocycles. The number of rotatable bonds is 4. The van der Waals surface area contributed by atoms with Gasteiger partial charge in [-0.1, -0.05) is 13.3 Å². The number of carbonyl (C=O) groups excluding carboxylic acids is 2. The zero-order chi connectivity index (χ0) is 19.7. The van der Waals surface area contributed by atoms with Gasteiger partial charge in [0.15, 0.2) is 5.69 Å². The number of aromatic amines is 1. The summed E-state index contributed by atoms with van der Waals surface area (Å²) < 4.78 is 38.2. The van der Waals surface area contributed by atoms with Crippen LogP contribution in [0.25, 0.3) is 0 Å². The topological polar surface area (TPSA) is 69.3 Å². The maximum absolute atomic E-state index is 12.7. The molecule has 150 valence electrons.